The molecule has 2 atom stereocenters. The number of hydrogen-bond donors (Lipinski definition) is 2. The number of ether oxygens (including phenoxy) is 1. The summed E-state index contributed by atoms with van der Waals surface area (Å²) >= 11 is 0. The molecule has 1 fully saturated rings. The third kappa shape index (κ3) is 5.96. The van der Waals surface area contributed by atoms with E-state index in [0.29, 0.717) is 24.8 Å². The van der Waals surface area contributed by atoms with E-state index in [1.54, 1.807) is 18.2 Å². The summed E-state index contributed by atoms with van der Waals surface area (Å²) in [6.45, 7) is 1.86. The van der Waals surface area contributed by atoms with E-state index < -0.39 is 49.8 Å². The van der Waals surface area contributed by atoms with Gasteiger partial charge < -0.3 is 15.4 Å². The molecule has 0 spiro atoms. The Morgan fingerprint density at radius 2 is 1.73 bits per heavy atom. The number of carbonyl (C=O) groups excluding carboxylic acids is 2. The number of anilines is 1. The van der Waals surface area contributed by atoms with Crippen molar-refractivity contribution >= 4 is 27.3 Å². The van der Waals surface area contributed by atoms with Crippen LogP contribution in [0.5, 0.6) is 5.75 Å². The van der Waals surface area contributed by atoms with E-state index in [2.05, 4.69) is 10.6 Å². The average molecular weight is 579 g/mol. The highest BCUT2D eigenvalue weighted by molar-refractivity contribution is 7.92. The fourth-order valence-corrected chi connectivity index (χ4v) is 5.54. The molecule has 0 heterocycles. The third-order valence-electron chi connectivity index (χ3n) is 6.75. The molecule has 0 aromatic heterocycles. The highest BCUT2D eigenvalue weighted by atomic mass is 32.2. The van der Waals surface area contributed by atoms with Crippen molar-refractivity contribution in [1.82, 2.24) is 5.32 Å². The number of alkyl halides is 3. The lowest BCUT2D eigenvalue weighted by Crippen LogP contribution is -2.42. The SMILES string of the molecule is COc1cc(F)c(-c2cccc(C)c2)cc1C(=O)N[C@@H]1CCC[C@@H]1C(=O)Nc1cccc(S(=O)(=O)C(F)(F)F)c1. The lowest BCUT2D eigenvalue weighted by atomic mass is 9.98. The molecule has 0 saturated heterocycles. The van der Waals surface area contributed by atoms with Crippen LogP contribution in [0.25, 0.3) is 11.1 Å². The van der Waals surface area contributed by atoms with Crippen LogP contribution in [-0.4, -0.2) is 38.9 Å². The first-order valence-electron chi connectivity index (χ1n) is 12.3. The molecule has 3 aromatic carbocycles. The van der Waals surface area contributed by atoms with Crippen LogP contribution in [0.1, 0.15) is 35.2 Å². The average Bonchev–Trinajstić information content (AvgIpc) is 3.36. The van der Waals surface area contributed by atoms with Crippen molar-refractivity contribution < 1.29 is 40.3 Å². The van der Waals surface area contributed by atoms with Gasteiger partial charge in [-0.05, 0) is 49.6 Å². The van der Waals surface area contributed by atoms with Gasteiger partial charge in [-0.1, -0.05) is 42.3 Å². The van der Waals surface area contributed by atoms with Gasteiger partial charge in [0.1, 0.15) is 11.6 Å². The fourth-order valence-electron chi connectivity index (χ4n) is 4.74. The van der Waals surface area contributed by atoms with Crippen molar-refractivity contribution in [2.24, 2.45) is 5.92 Å². The van der Waals surface area contributed by atoms with Crippen LogP contribution in [0.4, 0.5) is 23.2 Å². The van der Waals surface area contributed by atoms with Crippen molar-refractivity contribution in [2.45, 2.75) is 42.6 Å². The summed E-state index contributed by atoms with van der Waals surface area (Å²) in [6, 6.07) is 12.9. The second-order valence-electron chi connectivity index (χ2n) is 9.49. The number of benzene rings is 3. The minimum Gasteiger partial charge on any atom is -0.496 e. The van der Waals surface area contributed by atoms with E-state index in [-0.39, 0.29) is 22.6 Å². The molecular weight excluding hydrogens is 552 g/mol. The van der Waals surface area contributed by atoms with Crippen molar-refractivity contribution in [3.8, 4) is 16.9 Å². The van der Waals surface area contributed by atoms with Crippen LogP contribution in [0, 0.1) is 18.7 Å². The highest BCUT2D eigenvalue weighted by Crippen LogP contribution is 2.34. The van der Waals surface area contributed by atoms with Crippen molar-refractivity contribution in [1.29, 1.82) is 0 Å². The highest BCUT2D eigenvalue weighted by Gasteiger charge is 2.47. The van der Waals surface area contributed by atoms with Gasteiger partial charge in [-0.15, -0.1) is 0 Å². The molecule has 7 nitrogen and oxygen atoms in total. The molecule has 40 heavy (non-hydrogen) atoms. The van der Waals surface area contributed by atoms with Crippen molar-refractivity contribution in [3.63, 3.8) is 0 Å². The summed E-state index contributed by atoms with van der Waals surface area (Å²) < 4.78 is 82.4. The zero-order chi connectivity index (χ0) is 29.2. The molecule has 0 radical (unpaired) electrons. The molecule has 3 aromatic rings. The summed E-state index contributed by atoms with van der Waals surface area (Å²) in [5.74, 6) is -2.49. The van der Waals surface area contributed by atoms with E-state index >= 15 is 0 Å². The molecule has 12 heteroatoms. The van der Waals surface area contributed by atoms with E-state index in [0.717, 1.165) is 29.8 Å². The number of sulfone groups is 1. The van der Waals surface area contributed by atoms with Gasteiger partial charge in [0.15, 0.2) is 0 Å². The standard InChI is InChI=1S/C28H26F4N2O5S/c1-16-6-3-7-17(12-16)21-14-22(25(39-2)15-23(21)29)27(36)34-24-11-5-10-20(24)26(35)33-18-8-4-9-19(13-18)40(37,38)28(30,31)32/h3-4,6-9,12-15,20,24H,5,10-11H2,1-2H3,(H,33,35)(H,34,36)/t20-,24+/m0/s1. The molecular formula is C28H26F4N2O5S. The minimum atomic E-state index is -5.59. The lowest BCUT2D eigenvalue weighted by Gasteiger charge is -2.22. The maximum atomic E-state index is 14.9. The van der Waals surface area contributed by atoms with Gasteiger partial charge in [-0.25, -0.2) is 12.8 Å². The zero-order valence-corrected chi connectivity index (χ0v) is 22.3. The maximum absolute atomic E-state index is 14.9. The Kier molecular flexibility index (Phi) is 8.20. The molecule has 0 aliphatic heterocycles. The first-order valence-corrected chi connectivity index (χ1v) is 13.8. The minimum absolute atomic E-state index is 0.00749. The Labute approximate surface area is 228 Å². The smallest absolute Gasteiger partial charge is 0.496 e. The Morgan fingerprint density at radius 1 is 1.00 bits per heavy atom. The van der Waals surface area contributed by atoms with Crippen LogP contribution >= 0.6 is 0 Å². The Morgan fingerprint density at radius 3 is 2.40 bits per heavy atom. The number of hydrogen-bond acceptors (Lipinski definition) is 5. The first-order chi connectivity index (χ1) is 18.8. The second-order valence-corrected chi connectivity index (χ2v) is 11.4. The molecule has 0 bridgehead atoms. The topological polar surface area (TPSA) is 102 Å². The Balaban J connectivity index is 1.54. The number of aryl methyl sites for hydroxylation is 1. The van der Waals surface area contributed by atoms with E-state index in [1.165, 1.54) is 19.2 Å². The molecule has 2 N–H and O–H groups in total. The van der Waals surface area contributed by atoms with Gasteiger partial charge in [0.05, 0.1) is 23.5 Å². The quantitative estimate of drug-likeness (QED) is 0.354. The number of nitrogens with one attached hydrogen (secondary N) is 2. The molecule has 1 aliphatic rings. The third-order valence-corrected chi connectivity index (χ3v) is 8.23. The monoisotopic (exact) mass is 578 g/mol. The Hall–Kier alpha value is -3.93. The second kappa shape index (κ2) is 11.3. The van der Waals surface area contributed by atoms with Gasteiger partial charge in [0.25, 0.3) is 15.7 Å². The Bertz CT molecular complexity index is 1560. The van der Waals surface area contributed by atoms with Gasteiger partial charge in [-0.3, -0.25) is 9.59 Å². The lowest BCUT2D eigenvalue weighted by molar-refractivity contribution is -0.120. The largest absolute Gasteiger partial charge is 0.501 e. The molecule has 4 rings (SSSR count). The number of halogens is 4. The fraction of sp³-hybridized carbons (Fsp3) is 0.286. The maximum Gasteiger partial charge on any atom is 0.501 e. The molecule has 1 saturated carbocycles. The van der Waals surface area contributed by atoms with Crippen molar-refractivity contribution in [3.05, 3.63) is 77.6 Å². The normalized spacial score (nSPS) is 17.4. The zero-order valence-electron chi connectivity index (χ0n) is 21.5. The van der Waals surface area contributed by atoms with Gasteiger partial charge in [0, 0.05) is 23.4 Å². The van der Waals surface area contributed by atoms with Gasteiger partial charge >= 0.3 is 5.51 Å². The number of rotatable bonds is 7. The summed E-state index contributed by atoms with van der Waals surface area (Å²) in [5.41, 5.74) is -3.88. The van der Waals surface area contributed by atoms with E-state index in [9.17, 15) is 35.6 Å². The van der Waals surface area contributed by atoms with Gasteiger partial charge in [0.2, 0.25) is 5.91 Å². The summed E-state index contributed by atoms with van der Waals surface area (Å²) in [5, 5.41) is 5.27. The molecule has 0 unspecified atom stereocenters. The molecule has 212 valence electrons. The predicted octanol–water partition coefficient (Wildman–Crippen LogP) is 5.64. The summed E-state index contributed by atoms with van der Waals surface area (Å²) in [7, 11) is -4.29. The van der Waals surface area contributed by atoms with Crippen LogP contribution in [0.3, 0.4) is 0 Å². The first kappa shape index (κ1) is 29.1. The van der Waals surface area contributed by atoms with E-state index in [4.69, 9.17) is 4.74 Å². The predicted molar refractivity (Wildman–Crippen MR) is 140 cm³/mol. The van der Waals surface area contributed by atoms with Crippen LogP contribution in [0.15, 0.2) is 65.6 Å². The number of amides is 2. The van der Waals surface area contributed by atoms with Crippen molar-refractivity contribution in [2.75, 3.05) is 12.4 Å². The molecule has 2 amide bonds. The summed E-state index contributed by atoms with van der Waals surface area (Å²) in [6.07, 6.45) is 1.41. The van der Waals surface area contributed by atoms with Crippen LogP contribution in [-0.2, 0) is 14.6 Å². The van der Waals surface area contributed by atoms with E-state index in [1.807, 2.05) is 13.0 Å². The van der Waals surface area contributed by atoms with Crippen LogP contribution in [0.2, 0.25) is 0 Å². The van der Waals surface area contributed by atoms with Gasteiger partial charge in [-0.2, -0.15) is 13.2 Å². The number of carbonyl (C=O) groups is 2. The molecule has 1 aliphatic carbocycles. The number of methoxy groups -OCH3 is 1. The van der Waals surface area contributed by atoms with Crippen LogP contribution < -0.4 is 15.4 Å². The summed E-state index contributed by atoms with van der Waals surface area (Å²) in [4.78, 5) is 25.3.